The third-order valence-corrected chi connectivity index (χ3v) is 5.43. The lowest BCUT2D eigenvalue weighted by Crippen LogP contribution is -2.15. The Morgan fingerprint density at radius 3 is 2.42 bits per heavy atom. The topological polar surface area (TPSA) is 99.8 Å². The number of nitrogens with one attached hydrogen (secondary N) is 1. The van der Waals surface area contributed by atoms with Crippen LogP contribution >= 0.6 is 0 Å². The van der Waals surface area contributed by atoms with Crippen LogP contribution in [-0.2, 0) is 20.7 Å². The lowest BCUT2D eigenvalue weighted by atomic mass is 10.2. The van der Waals surface area contributed by atoms with E-state index < -0.39 is 0 Å². The van der Waals surface area contributed by atoms with E-state index in [2.05, 4.69) is 10.3 Å². The molecule has 0 aliphatic heterocycles. The largest absolute Gasteiger partial charge is 0.493 e. The van der Waals surface area contributed by atoms with Gasteiger partial charge >= 0.3 is 0 Å². The maximum atomic E-state index is 13.1. The van der Waals surface area contributed by atoms with Gasteiger partial charge in [-0.2, -0.15) is 0 Å². The number of fused-ring (bicyclic) bond motifs is 2. The van der Waals surface area contributed by atoms with Gasteiger partial charge in [-0.15, -0.1) is 0 Å². The Labute approximate surface area is 178 Å². The molecule has 162 valence electrons. The number of methoxy groups -OCH3 is 3. The standard InChI is InChI=1S/C22H24N4O5/c1-25-15-7-6-13(10-14(15)24-18(25)11-27)23-22(28)16-8-12-9-17(29-3)20(30-4)21(31-5)19(12)26(16)2/h6-10,27H,11H2,1-5H3,(H,23,28). The Kier molecular flexibility index (Phi) is 5.20. The summed E-state index contributed by atoms with van der Waals surface area (Å²) < 4.78 is 20.0. The van der Waals surface area contributed by atoms with Crippen molar-refractivity contribution in [1.82, 2.24) is 14.1 Å². The van der Waals surface area contributed by atoms with Crippen LogP contribution in [0.1, 0.15) is 16.3 Å². The number of carbonyl (C=O) groups is 1. The van der Waals surface area contributed by atoms with Gasteiger partial charge in [0.15, 0.2) is 11.5 Å². The van der Waals surface area contributed by atoms with Crippen LogP contribution in [-0.4, -0.2) is 46.5 Å². The number of ether oxygens (including phenoxy) is 3. The molecule has 2 N–H and O–H groups in total. The maximum absolute atomic E-state index is 13.1. The van der Waals surface area contributed by atoms with E-state index in [9.17, 15) is 9.90 Å². The third-order valence-electron chi connectivity index (χ3n) is 5.43. The molecule has 2 heterocycles. The van der Waals surface area contributed by atoms with Crippen molar-refractivity contribution in [2.24, 2.45) is 14.1 Å². The molecule has 0 atom stereocenters. The number of imidazole rings is 1. The molecular formula is C22H24N4O5. The fourth-order valence-electron chi connectivity index (χ4n) is 3.86. The van der Waals surface area contributed by atoms with Gasteiger partial charge < -0.3 is 33.8 Å². The average Bonchev–Trinajstić information content (AvgIpc) is 3.28. The van der Waals surface area contributed by atoms with Crippen LogP contribution in [0.25, 0.3) is 21.9 Å². The Morgan fingerprint density at radius 2 is 1.77 bits per heavy atom. The van der Waals surface area contributed by atoms with E-state index in [1.54, 1.807) is 51.1 Å². The molecule has 4 aromatic rings. The van der Waals surface area contributed by atoms with Crippen molar-refractivity contribution in [2.45, 2.75) is 6.61 Å². The molecule has 9 heteroatoms. The van der Waals surface area contributed by atoms with Crippen molar-refractivity contribution in [3.8, 4) is 17.2 Å². The number of aromatic nitrogens is 3. The van der Waals surface area contributed by atoms with Crippen LogP contribution < -0.4 is 19.5 Å². The SMILES string of the molecule is COc1cc2cc(C(=O)Nc3ccc4c(c3)nc(CO)n4C)n(C)c2c(OC)c1OC. The molecular weight excluding hydrogens is 400 g/mol. The Hall–Kier alpha value is -3.72. The summed E-state index contributed by atoms with van der Waals surface area (Å²) in [6.45, 7) is -0.155. The quantitative estimate of drug-likeness (QED) is 0.494. The summed E-state index contributed by atoms with van der Waals surface area (Å²) in [7, 11) is 8.27. The van der Waals surface area contributed by atoms with E-state index in [0.717, 1.165) is 16.4 Å². The van der Waals surface area contributed by atoms with Crippen LogP contribution in [0.5, 0.6) is 17.2 Å². The number of hydrogen-bond acceptors (Lipinski definition) is 6. The normalized spacial score (nSPS) is 11.2. The summed E-state index contributed by atoms with van der Waals surface area (Å²) in [6.07, 6.45) is 0. The van der Waals surface area contributed by atoms with Gasteiger partial charge in [0.25, 0.3) is 5.91 Å². The number of amides is 1. The van der Waals surface area contributed by atoms with Gasteiger partial charge in [-0.1, -0.05) is 0 Å². The number of rotatable bonds is 6. The first kappa shape index (κ1) is 20.5. The number of aryl methyl sites for hydroxylation is 2. The zero-order chi connectivity index (χ0) is 22.3. The number of carbonyl (C=O) groups excluding carboxylic acids is 1. The smallest absolute Gasteiger partial charge is 0.272 e. The van der Waals surface area contributed by atoms with E-state index in [0.29, 0.717) is 40.0 Å². The van der Waals surface area contributed by atoms with Gasteiger partial charge in [0.1, 0.15) is 18.1 Å². The number of hydrogen-bond donors (Lipinski definition) is 2. The molecule has 0 saturated heterocycles. The van der Waals surface area contributed by atoms with E-state index >= 15 is 0 Å². The summed E-state index contributed by atoms with van der Waals surface area (Å²) in [5.41, 5.74) is 3.33. The number of aliphatic hydroxyl groups excluding tert-OH is 1. The molecule has 4 rings (SSSR count). The van der Waals surface area contributed by atoms with Crippen LogP contribution in [0.4, 0.5) is 5.69 Å². The highest BCUT2D eigenvalue weighted by Gasteiger charge is 2.22. The molecule has 0 unspecified atom stereocenters. The molecule has 2 aromatic heterocycles. The monoisotopic (exact) mass is 424 g/mol. The Morgan fingerprint density at radius 1 is 1.03 bits per heavy atom. The van der Waals surface area contributed by atoms with E-state index in [-0.39, 0.29) is 12.5 Å². The lowest BCUT2D eigenvalue weighted by molar-refractivity contribution is 0.101. The summed E-state index contributed by atoms with van der Waals surface area (Å²) >= 11 is 0. The van der Waals surface area contributed by atoms with Crippen molar-refractivity contribution in [2.75, 3.05) is 26.6 Å². The van der Waals surface area contributed by atoms with Gasteiger partial charge in [0, 0.05) is 25.2 Å². The van der Waals surface area contributed by atoms with Crippen LogP contribution in [0.2, 0.25) is 0 Å². The number of benzene rings is 2. The molecule has 9 nitrogen and oxygen atoms in total. The zero-order valence-corrected chi connectivity index (χ0v) is 18.0. The molecule has 31 heavy (non-hydrogen) atoms. The molecule has 2 aromatic carbocycles. The molecule has 0 bridgehead atoms. The van der Waals surface area contributed by atoms with Crippen LogP contribution in [0.15, 0.2) is 30.3 Å². The summed E-state index contributed by atoms with van der Waals surface area (Å²) in [4.78, 5) is 17.5. The molecule has 1 amide bonds. The Balaban J connectivity index is 1.74. The van der Waals surface area contributed by atoms with Crippen molar-refractivity contribution in [3.63, 3.8) is 0 Å². The molecule has 0 aliphatic carbocycles. The minimum absolute atomic E-state index is 0.155. The Bertz CT molecular complexity index is 1300. The molecule has 0 saturated carbocycles. The fourth-order valence-corrected chi connectivity index (χ4v) is 3.86. The van der Waals surface area contributed by atoms with Gasteiger partial charge in [-0.05, 0) is 30.3 Å². The molecule has 0 spiro atoms. The lowest BCUT2D eigenvalue weighted by Gasteiger charge is -2.14. The first-order chi connectivity index (χ1) is 14.9. The van der Waals surface area contributed by atoms with E-state index in [4.69, 9.17) is 14.2 Å². The molecule has 0 radical (unpaired) electrons. The highest BCUT2D eigenvalue weighted by Crippen LogP contribution is 2.44. The molecule has 0 aliphatic rings. The summed E-state index contributed by atoms with van der Waals surface area (Å²) in [6, 6.07) is 9.03. The molecule has 0 fully saturated rings. The van der Waals surface area contributed by atoms with Gasteiger partial charge in [0.2, 0.25) is 5.75 Å². The number of nitrogens with zero attached hydrogens (tertiary/aromatic N) is 3. The van der Waals surface area contributed by atoms with Crippen molar-refractivity contribution >= 4 is 33.5 Å². The van der Waals surface area contributed by atoms with Crippen LogP contribution in [0.3, 0.4) is 0 Å². The predicted molar refractivity (Wildman–Crippen MR) is 117 cm³/mol. The summed E-state index contributed by atoms with van der Waals surface area (Å²) in [5, 5.41) is 13.1. The fraction of sp³-hybridized carbons (Fsp3) is 0.273. The average molecular weight is 424 g/mol. The first-order valence-electron chi connectivity index (χ1n) is 9.59. The van der Waals surface area contributed by atoms with Crippen molar-refractivity contribution < 1.29 is 24.1 Å². The number of anilines is 1. The van der Waals surface area contributed by atoms with Gasteiger partial charge in [-0.25, -0.2) is 4.98 Å². The van der Waals surface area contributed by atoms with E-state index in [1.807, 2.05) is 23.7 Å². The van der Waals surface area contributed by atoms with Gasteiger partial charge in [-0.3, -0.25) is 4.79 Å². The third kappa shape index (κ3) is 3.23. The summed E-state index contributed by atoms with van der Waals surface area (Å²) in [5.74, 6) is 1.75. The highest BCUT2D eigenvalue weighted by atomic mass is 16.5. The highest BCUT2D eigenvalue weighted by molar-refractivity contribution is 6.08. The minimum atomic E-state index is -0.281. The number of aliphatic hydroxyl groups is 1. The van der Waals surface area contributed by atoms with Gasteiger partial charge in [0.05, 0.1) is 37.9 Å². The van der Waals surface area contributed by atoms with E-state index in [1.165, 1.54) is 0 Å². The second-order valence-corrected chi connectivity index (χ2v) is 7.07. The minimum Gasteiger partial charge on any atom is -0.493 e. The van der Waals surface area contributed by atoms with Crippen molar-refractivity contribution in [1.29, 1.82) is 0 Å². The predicted octanol–water partition coefficient (Wildman–Crippen LogP) is 2.84. The maximum Gasteiger partial charge on any atom is 0.272 e. The zero-order valence-electron chi connectivity index (χ0n) is 18.0. The second kappa shape index (κ2) is 7.84. The van der Waals surface area contributed by atoms with Crippen LogP contribution in [0, 0.1) is 0 Å². The first-order valence-corrected chi connectivity index (χ1v) is 9.59. The van der Waals surface area contributed by atoms with Crippen molar-refractivity contribution in [3.05, 3.63) is 41.9 Å². The second-order valence-electron chi connectivity index (χ2n) is 7.07.